The van der Waals surface area contributed by atoms with Crippen molar-refractivity contribution in [2.24, 2.45) is 4.99 Å². The van der Waals surface area contributed by atoms with Crippen molar-refractivity contribution in [1.82, 2.24) is 5.32 Å². The first-order chi connectivity index (χ1) is 6.33. The molecule has 4 nitrogen and oxygen atoms in total. The maximum atomic E-state index is 10.9. The van der Waals surface area contributed by atoms with Crippen molar-refractivity contribution in [2.75, 3.05) is 13.2 Å². The number of amidine groups is 1. The summed E-state index contributed by atoms with van der Waals surface area (Å²) in [6.45, 7) is 2.31. The summed E-state index contributed by atoms with van der Waals surface area (Å²) in [5, 5.41) is 2.98. The second-order valence-corrected chi connectivity index (χ2v) is 2.65. The molecule has 1 rings (SSSR count). The van der Waals surface area contributed by atoms with Gasteiger partial charge in [-0.05, 0) is 19.5 Å². The van der Waals surface area contributed by atoms with Gasteiger partial charge in [-0.3, -0.25) is 9.79 Å². The Morgan fingerprint density at radius 2 is 2.62 bits per heavy atom. The van der Waals surface area contributed by atoms with Crippen LogP contribution in [0.25, 0.3) is 0 Å². The Bertz CT molecular complexity index is 234. The molecule has 0 fully saturated rings. The van der Waals surface area contributed by atoms with Crippen LogP contribution < -0.4 is 5.32 Å². The number of ether oxygens (including phenoxy) is 1. The highest BCUT2D eigenvalue weighted by molar-refractivity contribution is 5.86. The zero-order valence-electron chi connectivity index (χ0n) is 7.75. The molecule has 0 radical (unpaired) electrons. The fraction of sp³-hybridized carbons (Fsp3) is 0.556. The molecule has 1 aliphatic rings. The number of hydrogen-bond donors (Lipinski definition) is 1. The van der Waals surface area contributed by atoms with E-state index in [2.05, 4.69) is 10.3 Å². The summed E-state index contributed by atoms with van der Waals surface area (Å²) in [6, 6.07) is 0. The van der Waals surface area contributed by atoms with E-state index in [4.69, 9.17) is 4.74 Å². The highest BCUT2D eigenvalue weighted by Gasteiger charge is 2.03. The van der Waals surface area contributed by atoms with E-state index in [0.29, 0.717) is 6.61 Å². The number of carbonyl (C=O) groups is 1. The Morgan fingerprint density at radius 3 is 3.23 bits per heavy atom. The van der Waals surface area contributed by atoms with Crippen molar-refractivity contribution in [3.05, 3.63) is 12.3 Å². The fourth-order valence-electron chi connectivity index (χ4n) is 1.02. The van der Waals surface area contributed by atoms with Crippen LogP contribution in [0.4, 0.5) is 0 Å². The molecule has 0 aromatic carbocycles. The van der Waals surface area contributed by atoms with Gasteiger partial charge in [0, 0.05) is 6.42 Å². The number of allylic oxidation sites excluding steroid dienone is 1. The molecule has 0 bridgehead atoms. The molecule has 0 atom stereocenters. The number of aliphatic imine (C=N–C) groups is 1. The van der Waals surface area contributed by atoms with Gasteiger partial charge in [-0.15, -0.1) is 0 Å². The SMILES string of the molecule is CCOC(=O)CN=C1CCC=CN1. The summed E-state index contributed by atoms with van der Waals surface area (Å²) in [7, 11) is 0. The molecule has 0 spiro atoms. The second-order valence-electron chi connectivity index (χ2n) is 2.65. The molecule has 0 unspecified atom stereocenters. The topological polar surface area (TPSA) is 50.7 Å². The summed E-state index contributed by atoms with van der Waals surface area (Å²) in [5.41, 5.74) is 0. The van der Waals surface area contributed by atoms with E-state index >= 15 is 0 Å². The average Bonchev–Trinajstić information content (AvgIpc) is 2.17. The van der Waals surface area contributed by atoms with Crippen molar-refractivity contribution < 1.29 is 9.53 Å². The lowest BCUT2D eigenvalue weighted by Crippen LogP contribution is -2.22. The largest absolute Gasteiger partial charge is 0.465 e. The van der Waals surface area contributed by atoms with Gasteiger partial charge in [0.2, 0.25) is 0 Å². The molecule has 72 valence electrons. The summed E-state index contributed by atoms with van der Waals surface area (Å²) in [5.74, 6) is 0.585. The first-order valence-corrected chi connectivity index (χ1v) is 4.43. The van der Waals surface area contributed by atoms with E-state index in [-0.39, 0.29) is 12.5 Å². The summed E-state index contributed by atoms with van der Waals surface area (Å²) in [4.78, 5) is 15.0. The first kappa shape index (κ1) is 9.77. The number of esters is 1. The van der Waals surface area contributed by atoms with Gasteiger partial charge in [-0.1, -0.05) is 6.08 Å². The highest BCUT2D eigenvalue weighted by atomic mass is 16.5. The lowest BCUT2D eigenvalue weighted by Gasteiger charge is -2.08. The standard InChI is InChI=1S/C9H14N2O2/c1-2-13-9(12)7-11-8-5-3-4-6-10-8/h4,6H,2-3,5,7H2,1H3,(H,10,11). The minimum absolute atomic E-state index is 0.115. The Labute approximate surface area is 77.7 Å². The molecule has 0 aromatic rings. The van der Waals surface area contributed by atoms with Gasteiger partial charge < -0.3 is 10.1 Å². The van der Waals surface area contributed by atoms with E-state index in [1.807, 2.05) is 12.3 Å². The molecule has 0 amide bonds. The third-order valence-corrected chi connectivity index (χ3v) is 1.62. The quantitative estimate of drug-likeness (QED) is 0.658. The highest BCUT2D eigenvalue weighted by Crippen LogP contribution is 1.98. The Balaban J connectivity index is 2.30. The smallest absolute Gasteiger partial charge is 0.327 e. The molecule has 0 saturated heterocycles. The molecular formula is C9H14N2O2. The van der Waals surface area contributed by atoms with Gasteiger partial charge in [-0.25, -0.2) is 0 Å². The molecule has 13 heavy (non-hydrogen) atoms. The maximum Gasteiger partial charge on any atom is 0.327 e. The lowest BCUT2D eigenvalue weighted by atomic mass is 10.2. The molecule has 4 heteroatoms. The second kappa shape index (κ2) is 5.35. The Morgan fingerprint density at radius 1 is 1.77 bits per heavy atom. The van der Waals surface area contributed by atoms with Crippen molar-refractivity contribution in [3.63, 3.8) is 0 Å². The van der Waals surface area contributed by atoms with Crippen LogP contribution in [0.1, 0.15) is 19.8 Å². The molecular weight excluding hydrogens is 168 g/mol. The minimum Gasteiger partial charge on any atom is -0.465 e. The molecule has 1 heterocycles. The van der Waals surface area contributed by atoms with Gasteiger partial charge >= 0.3 is 5.97 Å². The number of carbonyl (C=O) groups excluding carboxylic acids is 1. The van der Waals surface area contributed by atoms with Crippen LogP contribution in [-0.2, 0) is 9.53 Å². The van der Waals surface area contributed by atoms with Gasteiger partial charge in [0.15, 0.2) is 0 Å². The molecule has 1 N–H and O–H groups in total. The summed E-state index contributed by atoms with van der Waals surface area (Å²) < 4.78 is 4.74. The van der Waals surface area contributed by atoms with Crippen molar-refractivity contribution >= 4 is 11.8 Å². The van der Waals surface area contributed by atoms with E-state index in [9.17, 15) is 4.79 Å². The van der Waals surface area contributed by atoms with Crippen LogP contribution >= 0.6 is 0 Å². The maximum absolute atomic E-state index is 10.9. The van der Waals surface area contributed by atoms with Crippen molar-refractivity contribution in [3.8, 4) is 0 Å². The summed E-state index contributed by atoms with van der Waals surface area (Å²) >= 11 is 0. The number of rotatable bonds is 3. The number of nitrogens with one attached hydrogen (secondary N) is 1. The van der Waals surface area contributed by atoms with Crippen molar-refractivity contribution in [1.29, 1.82) is 0 Å². The van der Waals surface area contributed by atoms with Crippen LogP contribution in [0.2, 0.25) is 0 Å². The van der Waals surface area contributed by atoms with Gasteiger partial charge in [-0.2, -0.15) is 0 Å². The van der Waals surface area contributed by atoms with Crippen molar-refractivity contribution in [2.45, 2.75) is 19.8 Å². The first-order valence-electron chi connectivity index (χ1n) is 4.43. The number of nitrogens with zero attached hydrogens (tertiary/aromatic N) is 1. The number of hydrogen-bond acceptors (Lipinski definition) is 3. The van der Waals surface area contributed by atoms with E-state index < -0.39 is 0 Å². The predicted molar refractivity (Wildman–Crippen MR) is 50.4 cm³/mol. The van der Waals surface area contributed by atoms with Gasteiger partial charge in [0.1, 0.15) is 12.4 Å². The zero-order chi connectivity index (χ0) is 9.52. The van der Waals surface area contributed by atoms with Crippen LogP contribution in [0.5, 0.6) is 0 Å². The van der Waals surface area contributed by atoms with Crippen LogP contribution in [0, 0.1) is 0 Å². The van der Waals surface area contributed by atoms with E-state index in [0.717, 1.165) is 18.7 Å². The van der Waals surface area contributed by atoms with E-state index in [1.54, 1.807) is 6.92 Å². The monoisotopic (exact) mass is 182 g/mol. The van der Waals surface area contributed by atoms with E-state index in [1.165, 1.54) is 0 Å². The lowest BCUT2D eigenvalue weighted by molar-refractivity contribution is -0.141. The third-order valence-electron chi connectivity index (χ3n) is 1.62. The molecule has 0 aromatic heterocycles. The normalized spacial score (nSPS) is 18.4. The fourth-order valence-corrected chi connectivity index (χ4v) is 1.02. The molecule has 1 aliphatic heterocycles. The molecule has 0 aliphatic carbocycles. The third kappa shape index (κ3) is 3.73. The summed E-state index contributed by atoms with van der Waals surface area (Å²) in [6.07, 6.45) is 5.72. The van der Waals surface area contributed by atoms with Gasteiger partial charge in [0.25, 0.3) is 0 Å². The van der Waals surface area contributed by atoms with Gasteiger partial charge in [0.05, 0.1) is 6.61 Å². The Kier molecular flexibility index (Phi) is 4.02. The zero-order valence-corrected chi connectivity index (χ0v) is 7.75. The predicted octanol–water partition coefficient (Wildman–Crippen LogP) is 0.845. The van der Waals surface area contributed by atoms with Crippen LogP contribution in [0.3, 0.4) is 0 Å². The van der Waals surface area contributed by atoms with Crippen LogP contribution in [0.15, 0.2) is 17.3 Å². The Hall–Kier alpha value is -1.32. The van der Waals surface area contributed by atoms with Crippen LogP contribution in [-0.4, -0.2) is 25.0 Å². The average molecular weight is 182 g/mol. The minimum atomic E-state index is -0.272. The molecule has 0 saturated carbocycles.